The molecule has 124 valence electrons. The molecule has 0 aliphatic carbocycles. The summed E-state index contributed by atoms with van der Waals surface area (Å²) in [5, 5.41) is 2.48. The van der Waals surface area contributed by atoms with Crippen LogP contribution >= 0.6 is 0 Å². The standard InChI is InChI=1S/C14H14F2N2O5/c1-7(19)17-5-9-6-18(14(21)23-9)8-3-10(15)12(11(16)4-8)13(20)22-2/h3-4,9H,5-6H2,1-2H3,(H,17,19)/t9-/m0/s1. The van der Waals surface area contributed by atoms with Gasteiger partial charge < -0.3 is 14.8 Å². The minimum Gasteiger partial charge on any atom is -0.465 e. The van der Waals surface area contributed by atoms with Crippen LogP contribution in [-0.4, -0.2) is 44.3 Å². The van der Waals surface area contributed by atoms with Crippen molar-refractivity contribution in [1.29, 1.82) is 0 Å². The van der Waals surface area contributed by atoms with Crippen molar-refractivity contribution >= 4 is 23.7 Å². The van der Waals surface area contributed by atoms with Gasteiger partial charge in [0.25, 0.3) is 0 Å². The van der Waals surface area contributed by atoms with Crippen LogP contribution in [0.25, 0.3) is 0 Å². The zero-order chi connectivity index (χ0) is 17.1. The van der Waals surface area contributed by atoms with Gasteiger partial charge in [-0.1, -0.05) is 0 Å². The zero-order valence-corrected chi connectivity index (χ0v) is 12.4. The van der Waals surface area contributed by atoms with E-state index in [-0.39, 0.29) is 24.7 Å². The number of ether oxygens (including phenoxy) is 2. The number of rotatable bonds is 4. The van der Waals surface area contributed by atoms with Gasteiger partial charge in [-0.25, -0.2) is 18.4 Å². The Bertz CT molecular complexity index is 642. The van der Waals surface area contributed by atoms with Gasteiger partial charge in [0.2, 0.25) is 5.91 Å². The Morgan fingerprint density at radius 3 is 2.52 bits per heavy atom. The number of carbonyl (C=O) groups excluding carboxylic acids is 3. The molecule has 23 heavy (non-hydrogen) atoms. The second-order valence-corrected chi connectivity index (χ2v) is 4.83. The van der Waals surface area contributed by atoms with Crippen molar-refractivity contribution in [2.45, 2.75) is 13.0 Å². The highest BCUT2D eigenvalue weighted by molar-refractivity contribution is 5.93. The number of carbonyl (C=O) groups is 3. The van der Waals surface area contributed by atoms with Crippen LogP contribution in [-0.2, 0) is 14.3 Å². The summed E-state index contributed by atoms with van der Waals surface area (Å²) in [6.45, 7) is 1.41. The van der Waals surface area contributed by atoms with Crippen LogP contribution in [0.4, 0.5) is 19.3 Å². The van der Waals surface area contributed by atoms with E-state index >= 15 is 0 Å². The molecule has 1 fully saturated rings. The van der Waals surface area contributed by atoms with Crippen molar-refractivity contribution in [2.24, 2.45) is 0 Å². The van der Waals surface area contributed by atoms with Gasteiger partial charge in [0.15, 0.2) is 0 Å². The molecule has 1 aromatic rings. The molecule has 1 atom stereocenters. The van der Waals surface area contributed by atoms with E-state index in [2.05, 4.69) is 10.1 Å². The molecule has 1 aliphatic heterocycles. The maximum atomic E-state index is 13.9. The van der Waals surface area contributed by atoms with Crippen molar-refractivity contribution in [1.82, 2.24) is 5.32 Å². The Morgan fingerprint density at radius 2 is 2.00 bits per heavy atom. The molecule has 0 unspecified atom stereocenters. The molecule has 1 heterocycles. The number of amides is 2. The van der Waals surface area contributed by atoms with E-state index in [1.807, 2.05) is 0 Å². The van der Waals surface area contributed by atoms with Gasteiger partial charge in [0, 0.05) is 6.92 Å². The van der Waals surface area contributed by atoms with Crippen molar-refractivity contribution in [3.8, 4) is 0 Å². The molecule has 1 N–H and O–H groups in total. The number of cyclic esters (lactones) is 1. The monoisotopic (exact) mass is 328 g/mol. The quantitative estimate of drug-likeness (QED) is 0.840. The molecule has 2 amide bonds. The van der Waals surface area contributed by atoms with Crippen LogP contribution in [0.15, 0.2) is 12.1 Å². The number of anilines is 1. The smallest absolute Gasteiger partial charge is 0.414 e. The SMILES string of the molecule is COC(=O)c1c(F)cc(N2C[C@H](CNC(C)=O)OC2=O)cc1F. The van der Waals surface area contributed by atoms with Gasteiger partial charge in [0.1, 0.15) is 23.3 Å². The minimum absolute atomic E-state index is 0.00949. The third-order valence-corrected chi connectivity index (χ3v) is 3.18. The highest BCUT2D eigenvalue weighted by Crippen LogP contribution is 2.26. The largest absolute Gasteiger partial charge is 0.465 e. The first-order valence-electron chi connectivity index (χ1n) is 6.63. The van der Waals surface area contributed by atoms with Crippen LogP contribution in [0.1, 0.15) is 17.3 Å². The molecular weight excluding hydrogens is 314 g/mol. The van der Waals surface area contributed by atoms with Crippen LogP contribution in [0.2, 0.25) is 0 Å². The molecular formula is C14H14F2N2O5. The summed E-state index contributed by atoms with van der Waals surface area (Å²) in [5.74, 6) is -3.74. The van der Waals surface area contributed by atoms with Crippen LogP contribution < -0.4 is 10.2 Å². The first-order chi connectivity index (χ1) is 10.8. The fraction of sp³-hybridized carbons (Fsp3) is 0.357. The molecule has 0 spiro atoms. The molecule has 2 rings (SSSR count). The second-order valence-electron chi connectivity index (χ2n) is 4.83. The first kappa shape index (κ1) is 16.7. The third-order valence-electron chi connectivity index (χ3n) is 3.18. The van der Waals surface area contributed by atoms with E-state index in [1.54, 1.807) is 0 Å². The predicted octanol–water partition coefficient (Wildman–Crippen LogP) is 1.21. The van der Waals surface area contributed by atoms with Crippen molar-refractivity contribution in [2.75, 3.05) is 25.1 Å². The number of methoxy groups -OCH3 is 1. The second kappa shape index (κ2) is 6.59. The molecule has 1 aromatic carbocycles. The van der Waals surface area contributed by atoms with Crippen LogP contribution in [0.3, 0.4) is 0 Å². The Kier molecular flexibility index (Phi) is 4.77. The van der Waals surface area contributed by atoms with Crippen LogP contribution in [0, 0.1) is 11.6 Å². The maximum absolute atomic E-state index is 13.9. The number of halogens is 2. The molecule has 0 saturated carbocycles. The lowest BCUT2D eigenvalue weighted by atomic mass is 10.1. The zero-order valence-electron chi connectivity index (χ0n) is 12.4. The Morgan fingerprint density at radius 1 is 1.39 bits per heavy atom. The van der Waals surface area contributed by atoms with Crippen LogP contribution in [0.5, 0.6) is 0 Å². The van der Waals surface area contributed by atoms with Gasteiger partial charge in [-0.15, -0.1) is 0 Å². The minimum atomic E-state index is -1.15. The number of nitrogens with one attached hydrogen (secondary N) is 1. The van der Waals surface area contributed by atoms with Gasteiger partial charge in [-0.3, -0.25) is 9.69 Å². The van der Waals surface area contributed by atoms with Crippen molar-refractivity contribution < 1.29 is 32.6 Å². The predicted molar refractivity (Wildman–Crippen MR) is 74.0 cm³/mol. The third kappa shape index (κ3) is 3.55. The summed E-state index contributed by atoms with van der Waals surface area (Å²) in [6.07, 6.45) is -1.44. The van der Waals surface area contributed by atoms with Gasteiger partial charge in [-0.05, 0) is 12.1 Å². The maximum Gasteiger partial charge on any atom is 0.414 e. The lowest BCUT2D eigenvalue weighted by Gasteiger charge is -2.14. The first-order valence-corrected chi connectivity index (χ1v) is 6.63. The molecule has 1 saturated heterocycles. The highest BCUT2D eigenvalue weighted by Gasteiger charge is 2.33. The summed E-state index contributed by atoms with van der Waals surface area (Å²) in [5.41, 5.74) is -0.929. The lowest BCUT2D eigenvalue weighted by molar-refractivity contribution is -0.119. The van der Waals surface area contributed by atoms with Gasteiger partial charge in [0.05, 0.1) is 25.9 Å². The van der Waals surface area contributed by atoms with E-state index in [9.17, 15) is 23.2 Å². The van der Waals surface area contributed by atoms with E-state index in [4.69, 9.17) is 4.74 Å². The lowest BCUT2D eigenvalue weighted by Crippen LogP contribution is -2.33. The number of esters is 1. The summed E-state index contributed by atoms with van der Waals surface area (Å²) in [7, 11) is 1.000. The topological polar surface area (TPSA) is 84.9 Å². The summed E-state index contributed by atoms with van der Waals surface area (Å²) < 4.78 is 37.1. The van der Waals surface area contributed by atoms with Gasteiger partial charge in [-0.2, -0.15) is 0 Å². The molecule has 7 nitrogen and oxygen atoms in total. The molecule has 0 bridgehead atoms. The van der Waals surface area contributed by atoms with E-state index in [0.717, 1.165) is 24.1 Å². The number of hydrogen-bond acceptors (Lipinski definition) is 5. The Labute approximate surface area is 130 Å². The molecule has 1 aliphatic rings. The number of nitrogens with zero attached hydrogens (tertiary/aromatic N) is 1. The van der Waals surface area contributed by atoms with Crippen molar-refractivity contribution in [3.63, 3.8) is 0 Å². The average Bonchev–Trinajstić information content (AvgIpc) is 2.85. The van der Waals surface area contributed by atoms with E-state index < -0.39 is 35.4 Å². The average molecular weight is 328 g/mol. The number of benzene rings is 1. The Hall–Kier alpha value is -2.71. The molecule has 9 heteroatoms. The van der Waals surface area contributed by atoms with E-state index in [0.29, 0.717) is 0 Å². The fourth-order valence-corrected chi connectivity index (χ4v) is 2.11. The van der Waals surface area contributed by atoms with E-state index in [1.165, 1.54) is 6.92 Å². The van der Waals surface area contributed by atoms with Crippen molar-refractivity contribution in [3.05, 3.63) is 29.3 Å². The summed E-state index contributed by atoms with van der Waals surface area (Å²) in [4.78, 5) is 34.9. The normalized spacial score (nSPS) is 17.0. The fourth-order valence-electron chi connectivity index (χ4n) is 2.11. The number of hydrogen-bond donors (Lipinski definition) is 1. The molecule has 0 aromatic heterocycles. The summed E-state index contributed by atoms with van der Waals surface area (Å²) in [6, 6.07) is 1.69. The van der Waals surface area contributed by atoms with Gasteiger partial charge >= 0.3 is 12.1 Å². The Balaban J connectivity index is 2.21. The molecule has 0 radical (unpaired) electrons. The highest BCUT2D eigenvalue weighted by atomic mass is 19.1. The summed E-state index contributed by atoms with van der Waals surface area (Å²) >= 11 is 0.